The van der Waals surface area contributed by atoms with Gasteiger partial charge >= 0.3 is 5.97 Å². The molecule has 0 N–H and O–H groups in total. The zero-order valence-corrected chi connectivity index (χ0v) is 16.6. The lowest BCUT2D eigenvalue weighted by atomic mass is 10.1. The van der Waals surface area contributed by atoms with Crippen molar-refractivity contribution in [2.75, 3.05) is 44.8 Å². The van der Waals surface area contributed by atoms with Gasteiger partial charge in [-0.15, -0.1) is 0 Å². The zero-order valence-electron chi connectivity index (χ0n) is 15.9. The van der Waals surface area contributed by atoms with Gasteiger partial charge in [-0.25, -0.2) is 9.78 Å². The Hall–Kier alpha value is -2.31. The van der Waals surface area contributed by atoms with Crippen LogP contribution in [0.15, 0.2) is 42.6 Å². The smallest absolute Gasteiger partial charge is 0.337 e. The number of aromatic nitrogens is 1. The Bertz CT molecular complexity index is 813. The summed E-state index contributed by atoms with van der Waals surface area (Å²) in [6.45, 7) is 4.75. The molecule has 2 aromatic rings. The summed E-state index contributed by atoms with van der Waals surface area (Å²) in [5.74, 6) is 1.95. The molecule has 0 aliphatic carbocycles. The number of hydrogen-bond donors (Lipinski definition) is 0. The van der Waals surface area contributed by atoms with E-state index in [0.29, 0.717) is 29.2 Å². The van der Waals surface area contributed by atoms with E-state index in [1.165, 1.54) is 7.11 Å². The molecule has 2 aliphatic rings. The Morgan fingerprint density at radius 1 is 1.18 bits per heavy atom. The van der Waals surface area contributed by atoms with Gasteiger partial charge in [0.15, 0.2) is 0 Å². The number of piperazine rings is 1. The second-order valence-electron chi connectivity index (χ2n) is 7.36. The van der Waals surface area contributed by atoms with Crippen molar-refractivity contribution < 1.29 is 14.3 Å². The van der Waals surface area contributed by atoms with Crippen LogP contribution in [0, 0.1) is 5.92 Å². The molecule has 148 valence electrons. The first kappa shape index (κ1) is 19.0. The SMILES string of the molecule is COC(=O)c1ccc(OCC2CC3CN(c4ccc(Cl)cn4)CCN3C2)cc1. The number of esters is 1. The average Bonchev–Trinajstić information content (AvgIpc) is 3.15. The molecule has 3 heterocycles. The molecule has 0 amide bonds. The summed E-state index contributed by atoms with van der Waals surface area (Å²) in [4.78, 5) is 20.8. The summed E-state index contributed by atoms with van der Waals surface area (Å²) in [7, 11) is 1.38. The predicted molar refractivity (Wildman–Crippen MR) is 108 cm³/mol. The topological polar surface area (TPSA) is 54.9 Å². The number of benzene rings is 1. The van der Waals surface area contributed by atoms with Crippen LogP contribution < -0.4 is 9.64 Å². The van der Waals surface area contributed by atoms with E-state index >= 15 is 0 Å². The van der Waals surface area contributed by atoms with Gasteiger partial charge in [-0.2, -0.15) is 0 Å². The van der Waals surface area contributed by atoms with Gasteiger partial charge in [0.25, 0.3) is 0 Å². The molecule has 1 aromatic heterocycles. The molecule has 0 bridgehead atoms. The van der Waals surface area contributed by atoms with E-state index in [2.05, 4.69) is 14.8 Å². The highest BCUT2D eigenvalue weighted by atomic mass is 35.5. The Morgan fingerprint density at radius 2 is 2.00 bits per heavy atom. The molecule has 2 saturated heterocycles. The molecule has 0 saturated carbocycles. The molecule has 2 aliphatic heterocycles. The van der Waals surface area contributed by atoms with Gasteiger partial charge in [-0.3, -0.25) is 4.90 Å². The maximum atomic E-state index is 11.5. The van der Waals surface area contributed by atoms with Crippen molar-refractivity contribution in [2.45, 2.75) is 12.5 Å². The third-order valence-corrected chi connectivity index (χ3v) is 5.72. The molecule has 0 radical (unpaired) electrons. The molecule has 2 fully saturated rings. The fourth-order valence-corrected chi connectivity index (χ4v) is 4.16. The molecule has 2 unspecified atom stereocenters. The molecule has 0 spiro atoms. The number of nitrogens with zero attached hydrogens (tertiary/aromatic N) is 3. The molecule has 1 aromatic carbocycles. The molecular formula is C21H24ClN3O3. The van der Waals surface area contributed by atoms with Crippen molar-refractivity contribution in [3.05, 3.63) is 53.2 Å². The zero-order chi connectivity index (χ0) is 19.5. The van der Waals surface area contributed by atoms with Gasteiger partial charge in [0, 0.05) is 44.3 Å². The summed E-state index contributed by atoms with van der Waals surface area (Å²) in [5.41, 5.74) is 0.531. The van der Waals surface area contributed by atoms with Crippen molar-refractivity contribution in [3.63, 3.8) is 0 Å². The van der Waals surface area contributed by atoms with Gasteiger partial charge < -0.3 is 14.4 Å². The summed E-state index contributed by atoms with van der Waals surface area (Å²) < 4.78 is 10.7. The van der Waals surface area contributed by atoms with Gasteiger partial charge in [0.2, 0.25) is 0 Å². The first-order valence-electron chi connectivity index (χ1n) is 9.54. The summed E-state index contributed by atoms with van der Waals surface area (Å²) in [5, 5.41) is 0.667. The summed E-state index contributed by atoms with van der Waals surface area (Å²) >= 11 is 5.95. The van der Waals surface area contributed by atoms with Crippen LogP contribution in [0.2, 0.25) is 5.02 Å². The number of ether oxygens (including phenoxy) is 2. The monoisotopic (exact) mass is 401 g/mol. The summed E-state index contributed by atoms with van der Waals surface area (Å²) in [6.07, 6.45) is 2.82. The standard InChI is InChI=1S/C21H24ClN3O3/c1-27-21(26)16-2-5-19(6-3-16)28-14-15-10-18-13-25(9-8-24(18)12-15)20-7-4-17(22)11-23-20/h2-7,11,15,18H,8-10,12-14H2,1H3. The predicted octanol–water partition coefficient (Wildman–Crippen LogP) is 3.11. The minimum Gasteiger partial charge on any atom is -0.493 e. The average molecular weight is 402 g/mol. The Labute approximate surface area is 170 Å². The number of methoxy groups -OCH3 is 1. The molecule has 7 heteroatoms. The van der Waals surface area contributed by atoms with Crippen LogP contribution in [0.5, 0.6) is 5.75 Å². The van der Waals surface area contributed by atoms with Crippen LogP contribution in [0.4, 0.5) is 5.82 Å². The van der Waals surface area contributed by atoms with Crippen LogP contribution in [0.1, 0.15) is 16.8 Å². The quantitative estimate of drug-likeness (QED) is 0.717. The fraction of sp³-hybridized carbons (Fsp3) is 0.429. The number of pyridine rings is 1. The van der Waals surface area contributed by atoms with E-state index in [1.54, 1.807) is 18.3 Å². The third-order valence-electron chi connectivity index (χ3n) is 5.50. The number of anilines is 1. The van der Waals surface area contributed by atoms with Crippen LogP contribution >= 0.6 is 11.6 Å². The number of hydrogen-bond acceptors (Lipinski definition) is 6. The van der Waals surface area contributed by atoms with E-state index in [4.69, 9.17) is 21.1 Å². The third kappa shape index (κ3) is 4.23. The lowest BCUT2D eigenvalue weighted by molar-refractivity contribution is 0.0600. The van der Waals surface area contributed by atoms with Gasteiger partial charge in [-0.05, 0) is 42.8 Å². The van der Waals surface area contributed by atoms with E-state index < -0.39 is 0 Å². The normalized spacial score (nSPS) is 22.0. The molecule has 28 heavy (non-hydrogen) atoms. The lowest BCUT2D eigenvalue weighted by Gasteiger charge is -2.38. The number of fused-ring (bicyclic) bond motifs is 1. The first-order chi connectivity index (χ1) is 13.6. The van der Waals surface area contributed by atoms with Crippen LogP contribution in [-0.4, -0.2) is 61.8 Å². The minimum absolute atomic E-state index is 0.334. The highest BCUT2D eigenvalue weighted by molar-refractivity contribution is 6.30. The molecule has 4 rings (SSSR count). The van der Waals surface area contributed by atoms with Crippen molar-refractivity contribution in [1.82, 2.24) is 9.88 Å². The number of rotatable bonds is 5. The highest BCUT2D eigenvalue weighted by Gasteiger charge is 2.36. The van der Waals surface area contributed by atoms with Gasteiger partial charge in [-0.1, -0.05) is 11.6 Å². The second-order valence-corrected chi connectivity index (χ2v) is 7.79. The highest BCUT2D eigenvalue weighted by Crippen LogP contribution is 2.29. The first-order valence-corrected chi connectivity index (χ1v) is 9.92. The van der Waals surface area contributed by atoms with Gasteiger partial charge in [0.1, 0.15) is 11.6 Å². The van der Waals surface area contributed by atoms with E-state index in [-0.39, 0.29) is 5.97 Å². The minimum atomic E-state index is -0.334. The van der Waals surface area contributed by atoms with Crippen molar-refractivity contribution in [2.24, 2.45) is 5.92 Å². The number of halogens is 1. The second kappa shape index (κ2) is 8.37. The Balaban J connectivity index is 1.29. The molecular weight excluding hydrogens is 378 g/mol. The number of carbonyl (C=O) groups is 1. The van der Waals surface area contributed by atoms with Crippen LogP contribution in [0.3, 0.4) is 0 Å². The summed E-state index contributed by atoms with van der Waals surface area (Å²) in [6, 6.07) is 11.5. The Kier molecular flexibility index (Phi) is 5.69. The lowest BCUT2D eigenvalue weighted by Crippen LogP contribution is -2.50. The molecule has 2 atom stereocenters. The van der Waals surface area contributed by atoms with E-state index in [9.17, 15) is 4.79 Å². The van der Waals surface area contributed by atoms with Crippen LogP contribution in [0.25, 0.3) is 0 Å². The van der Waals surface area contributed by atoms with Gasteiger partial charge in [0.05, 0.1) is 24.3 Å². The maximum absolute atomic E-state index is 11.5. The van der Waals surface area contributed by atoms with Crippen molar-refractivity contribution in [3.8, 4) is 5.75 Å². The van der Waals surface area contributed by atoms with E-state index in [1.807, 2.05) is 24.3 Å². The van der Waals surface area contributed by atoms with Crippen molar-refractivity contribution in [1.29, 1.82) is 0 Å². The van der Waals surface area contributed by atoms with E-state index in [0.717, 1.165) is 44.2 Å². The maximum Gasteiger partial charge on any atom is 0.337 e. The largest absolute Gasteiger partial charge is 0.493 e. The number of carbonyl (C=O) groups excluding carboxylic acids is 1. The Morgan fingerprint density at radius 3 is 2.71 bits per heavy atom. The van der Waals surface area contributed by atoms with Crippen LogP contribution in [-0.2, 0) is 4.74 Å². The fourth-order valence-electron chi connectivity index (χ4n) is 4.05. The molecule has 6 nitrogen and oxygen atoms in total. The van der Waals surface area contributed by atoms with Crippen molar-refractivity contribution >= 4 is 23.4 Å².